The summed E-state index contributed by atoms with van der Waals surface area (Å²) in [6.45, 7) is 2.59. The van der Waals surface area contributed by atoms with E-state index in [1.54, 1.807) is 18.2 Å². The summed E-state index contributed by atoms with van der Waals surface area (Å²) in [6, 6.07) is 11.7. The number of hydrogen-bond donors (Lipinski definition) is 1. The summed E-state index contributed by atoms with van der Waals surface area (Å²) in [6.07, 6.45) is 0.107. The number of para-hydroxylation sites is 2. The first-order valence-electron chi connectivity index (χ1n) is 7.19. The van der Waals surface area contributed by atoms with Crippen LogP contribution in [0.1, 0.15) is 13.3 Å². The lowest BCUT2D eigenvalue weighted by molar-refractivity contribution is -0.116. The van der Waals surface area contributed by atoms with Crippen molar-refractivity contribution in [1.82, 2.24) is 0 Å². The van der Waals surface area contributed by atoms with Gasteiger partial charge in [0.05, 0.1) is 25.3 Å². The van der Waals surface area contributed by atoms with Crippen LogP contribution >= 0.6 is 15.9 Å². The average molecular weight is 382 g/mol. The lowest BCUT2D eigenvalue weighted by Gasteiger charge is -2.11. The Morgan fingerprint density at radius 2 is 1.87 bits per heavy atom. The number of benzene rings is 2. The third kappa shape index (κ3) is 5.25. The highest BCUT2D eigenvalue weighted by Crippen LogP contribution is 2.26. The van der Waals surface area contributed by atoms with Gasteiger partial charge >= 0.3 is 0 Å². The summed E-state index contributed by atoms with van der Waals surface area (Å²) in [5, 5.41) is 2.52. The van der Waals surface area contributed by atoms with Crippen molar-refractivity contribution in [3.05, 3.63) is 52.8 Å². The largest absolute Gasteiger partial charge is 0.490 e. The number of ether oxygens (including phenoxy) is 2. The predicted octanol–water partition coefficient (Wildman–Crippen LogP) is 4.39. The molecule has 4 nitrogen and oxygen atoms in total. The first-order chi connectivity index (χ1) is 11.1. The molecule has 1 N–H and O–H groups in total. The second-order valence-corrected chi connectivity index (χ2v) is 5.57. The molecular formula is C17H17BrFNO3. The Balaban J connectivity index is 1.85. The fourth-order valence-corrected chi connectivity index (χ4v) is 2.23. The quantitative estimate of drug-likeness (QED) is 0.773. The molecule has 0 spiro atoms. The number of anilines is 1. The predicted molar refractivity (Wildman–Crippen MR) is 90.5 cm³/mol. The van der Waals surface area contributed by atoms with E-state index in [0.29, 0.717) is 22.6 Å². The normalized spacial score (nSPS) is 10.2. The first-order valence-corrected chi connectivity index (χ1v) is 7.99. The van der Waals surface area contributed by atoms with Gasteiger partial charge < -0.3 is 14.8 Å². The van der Waals surface area contributed by atoms with E-state index in [1.165, 1.54) is 12.1 Å². The molecular weight excluding hydrogens is 365 g/mol. The average Bonchev–Trinajstić information content (AvgIpc) is 2.52. The SMILES string of the molecule is CCOc1ccccc1OCCC(=O)Nc1ccc(Br)cc1F. The zero-order chi connectivity index (χ0) is 16.7. The molecule has 0 bridgehead atoms. The van der Waals surface area contributed by atoms with Crippen LogP contribution < -0.4 is 14.8 Å². The van der Waals surface area contributed by atoms with Gasteiger partial charge in [-0.05, 0) is 37.3 Å². The summed E-state index contributed by atoms with van der Waals surface area (Å²) in [5.74, 6) is 0.404. The van der Waals surface area contributed by atoms with E-state index < -0.39 is 5.82 Å². The highest BCUT2D eigenvalue weighted by molar-refractivity contribution is 9.10. The second-order valence-electron chi connectivity index (χ2n) is 4.65. The molecule has 1 amide bonds. The van der Waals surface area contributed by atoms with Crippen molar-refractivity contribution >= 4 is 27.5 Å². The maximum Gasteiger partial charge on any atom is 0.227 e. The molecule has 6 heteroatoms. The molecule has 0 heterocycles. The molecule has 2 rings (SSSR count). The maximum atomic E-state index is 13.6. The van der Waals surface area contributed by atoms with Crippen molar-refractivity contribution in [1.29, 1.82) is 0 Å². The summed E-state index contributed by atoms with van der Waals surface area (Å²) >= 11 is 3.17. The fraction of sp³-hybridized carbons (Fsp3) is 0.235. The molecule has 0 saturated carbocycles. The molecule has 0 aliphatic carbocycles. The van der Waals surface area contributed by atoms with Gasteiger partial charge in [-0.3, -0.25) is 4.79 Å². The van der Waals surface area contributed by atoms with Gasteiger partial charge in [-0.15, -0.1) is 0 Å². The molecule has 23 heavy (non-hydrogen) atoms. The second kappa shape index (κ2) is 8.53. The Hall–Kier alpha value is -2.08. The van der Waals surface area contributed by atoms with Crippen LogP contribution in [0.2, 0.25) is 0 Å². The van der Waals surface area contributed by atoms with E-state index in [-0.39, 0.29) is 24.6 Å². The fourth-order valence-electron chi connectivity index (χ4n) is 1.90. The minimum absolute atomic E-state index is 0.107. The molecule has 0 radical (unpaired) electrons. The van der Waals surface area contributed by atoms with Crippen molar-refractivity contribution < 1.29 is 18.7 Å². The highest BCUT2D eigenvalue weighted by Gasteiger charge is 2.09. The van der Waals surface area contributed by atoms with Gasteiger partial charge in [-0.2, -0.15) is 0 Å². The number of carbonyl (C=O) groups is 1. The van der Waals surface area contributed by atoms with Crippen molar-refractivity contribution in [2.75, 3.05) is 18.5 Å². The zero-order valence-corrected chi connectivity index (χ0v) is 14.2. The third-order valence-electron chi connectivity index (χ3n) is 2.94. The van der Waals surface area contributed by atoms with Crippen LogP contribution in [0.4, 0.5) is 10.1 Å². The minimum atomic E-state index is -0.490. The lowest BCUT2D eigenvalue weighted by atomic mass is 10.3. The van der Waals surface area contributed by atoms with Gasteiger partial charge in [0.2, 0.25) is 5.91 Å². The summed E-state index contributed by atoms with van der Waals surface area (Å²) in [7, 11) is 0. The molecule has 0 unspecified atom stereocenters. The van der Waals surface area contributed by atoms with E-state index in [4.69, 9.17) is 9.47 Å². The lowest BCUT2D eigenvalue weighted by Crippen LogP contribution is -2.16. The number of halogens is 2. The summed E-state index contributed by atoms with van der Waals surface area (Å²) < 4.78 is 25.3. The molecule has 0 saturated heterocycles. The number of rotatable bonds is 7. The van der Waals surface area contributed by atoms with Crippen molar-refractivity contribution in [2.45, 2.75) is 13.3 Å². The molecule has 0 fully saturated rings. The van der Waals surface area contributed by atoms with Crippen LogP contribution in [0.5, 0.6) is 11.5 Å². The van der Waals surface area contributed by atoms with Gasteiger partial charge in [-0.25, -0.2) is 4.39 Å². The minimum Gasteiger partial charge on any atom is -0.490 e. The number of hydrogen-bond acceptors (Lipinski definition) is 3. The van der Waals surface area contributed by atoms with E-state index in [2.05, 4.69) is 21.2 Å². The van der Waals surface area contributed by atoms with Gasteiger partial charge in [0.15, 0.2) is 11.5 Å². The van der Waals surface area contributed by atoms with E-state index in [0.717, 1.165) is 0 Å². The number of amides is 1. The molecule has 122 valence electrons. The summed E-state index contributed by atoms with van der Waals surface area (Å²) in [4.78, 5) is 11.8. The molecule has 0 atom stereocenters. The number of nitrogens with one attached hydrogen (secondary N) is 1. The molecule has 2 aromatic rings. The first kappa shape index (κ1) is 17.3. The van der Waals surface area contributed by atoms with Crippen LogP contribution in [-0.4, -0.2) is 19.1 Å². The van der Waals surface area contributed by atoms with Gasteiger partial charge in [-0.1, -0.05) is 28.1 Å². The van der Waals surface area contributed by atoms with Crippen LogP contribution in [0.3, 0.4) is 0 Å². The highest BCUT2D eigenvalue weighted by atomic mass is 79.9. The van der Waals surface area contributed by atoms with Crippen LogP contribution in [0, 0.1) is 5.82 Å². The van der Waals surface area contributed by atoms with Gasteiger partial charge in [0.25, 0.3) is 0 Å². The van der Waals surface area contributed by atoms with Crippen LogP contribution in [0.25, 0.3) is 0 Å². The Morgan fingerprint density at radius 1 is 1.17 bits per heavy atom. The monoisotopic (exact) mass is 381 g/mol. The molecule has 0 aliphatic rings. The standard InChI is InChI=1S/C17H17BrFNO3/c1-2-22-15-5-3-4-6-16(15)23-10-9-17(21)20-14-8-7-12(18)11-13(14)19/h3-8,11H,2,9-10H2,1H3,(H,20,21). The Morgan fingerprint density at radius 3 is 2.52 bits per heavy atom. The van der Waals surface area contributed by atoms with Crippen LogP contribution in [-0.2, 0) is 4.79 Å². The maximum absolute atomic E-state index is 13.6. The molecule has 0 aliphatic heterocycles. The number of carbonyl (C=O) groups excluding carboxylic acids is 1. The van der Waals surface area contributed by atoms with Gasteiger partial charge in [0.1, 0.15) is 5.82 Å². The zero-order valence-electron chi connectivity index (χ0n) is 12.6. The third-order valence-corrected chi connectivity index (χ3v) is 3.43. The van der Waals surface area contributed by atoms with Crippen molar-refractivity contribution in [3.63, 3.8) is 0 Å². The topological polar surface area (TPSA) is 47.6 Å². The summed E-state index contributed by atoms with van der Waals surface area (Å²) in [5.41, 5.74) is 0.146. The Kier molecular flexibility index (Phi) is 6.40. The van der Waals surface area contributed by atoms with E-state index >= 15 is 0 Å². The molecule has 2 aromatic carbocycles. The van der Waals surface area contributed by atoms with Crippen molar-refractivity contribution in [2.24, 2.45) is 0 Å². The van der Waals surface area contributed by atoms with E-state index in [9.17, 15) is 9.18 Å². The Bertz CT molecular complexity index is 679. The Labute approximate surface area is 142 Å². The van der Waals surface area contributed by atoms with Crippen molar-refractivity contribution in [3.8, 4) is 11.5 Å². The van der Waals surface area contributed by atoms with Crippen LogP contribution in [0.15, 0.2) is 46.9 Å². The molecule has 0 aromatic heterocycles. The van der Waals surface area contributed by atoms with E-state index in [1.807, 2.05) is 19.1 Å². The smallest absolute Gasteiger partial charge is 0.227 e. The van der Waals surface area contributed by atoms with Gasteiger partial charge in [0, 0.05) is 4.47 Å².